The lowest BCUT2D eigenvalue weighted by molar-refractivity contribution is -0.130. The summed E-state index contributed by atoms with van der Waals surface area (Å²) < 4.78 is 33.2. The van der Waals surface area contributed by atoms with Crippen LogP contribution < -0.4 is 10.6 Å². The number of aliphatic hydroxyl groups excluding tert-OH is 1. The van der Waals surface area contributed by atoms with E-state index < -0.39 is 39.5 Å². The summed E-state index contributed by atoms with van der Waals surface area (Å²) >= 11 is 0. The Bertz CT molecular complexity index is 1280. The van der Waals surface area contributed by atoms with Crippen molar-refractivity contribution in [1.29, 1.82) is 0 Å². The molecule has 3 amide bonds. The first-order valence-electron chi connectivity index (χ1n) is 12.7. The molecule has 200 valence electrons. The van der Waals surface area contributed by atoms with E-state index in [0.29, 0.717) is 31.6 Å². The van der Waals surface area contributed by atoms with Crippen LogP contribution in [0.15, 0.2) is 30.3 Å². The zero-order valence-electron chi connectivity index (χ0n) is 20.3. The van der Waals surface area contributed by atoms with Crippen molar-refractivity contribution < 1.29 is 32.5 Å². The summed E-state index contributed by atoms with van der Waals surface area (Å²) in [5.41, 5.74) is -1.15. The Balaban J connectivity index is 1.40. The van der Waals surface area contributed by atoms with Crippen molar-refractivity contribution in [3.05, 3.63) is 36.0 Å². The predicted octanol–water partition coefficient (Wildman–Crippen LogP) is 1.02. The molecule has 12 heteroatoms. The summed E-state index contributed by atoms with van der Waals surface area (Å²) in [6.07, 6.45) is 3.54. The first kappa shape index (κ1) is 25.7. The number of aromatic amines is 1. The number of amides is 3. The van der Waals surface area contributed by atoms with E-state index in [9.17, 15) is 32.5 Å². The highest BCUT2D eigenvalue weighted by Crippen LogP contribution is 2.43. The van der Waals surface area contributed by atoms with Crippen molar-refractivity contribution in [3.63, 3.8) is 0 Å². The van der Waals surface area contributed by atoms with Crippen LogP contribution in [0.4, 0.5) is 0 Å². The molecule has 3 aliphatic rings. The van der Waals surface area contributed by atoms with Gasteiger partial charge in [0.05, 0.1) is 6.04 Å². The summed E-state index contributed by atoms with van der Waals surface area (Å²) in [5.74, 6) is -1.80. The largest absolute Gasteiger partial charge is 0.374 e. The lowest BCUT2D eigenvalue weighted by Crippen LogP contribution is -2.56. The Morgan fingerprint density at radius 1 is 1.16 bits per heavy atom. The second kappa shape index (κ2) is 10.1. The molecule has 5 rings (SSSR count). The third-order valence-corrected chi connectivity index (χ3v) is 9.03. The minimum Gasteiger partial charge on any atom is -0.374 e. The maximum Gasteiger partial charge on any atom is 0.294 e. The van der Waals surface area contributed by atoms with Gasteiger partial charge in [-0.05, 0) is 56.1 Å². The highest BCUT2D eigenvalue weighted by molar-refractivity contribution is 7.86. The molecule has 1 aromatic heterocycles. The van der Waals surface area contributed by atoms with Crippen molar-refractivity contribution in [2.24, 2.45) is 17.8 Å². The van der Waals surface area contributed by atoms with Crippen molar-refractivity contribution in [2.75, 3.05) is 13.1 Å². The Morgan fingerprint density at radius 2 is 1.95 bits per heavy atom. The number of aromatic nitrogens is 1. The Kier molecular flexibility index (Phi) is 6.99. The summed E-state index contributed by atoms with van der Waals surface area (Å²) in [5, 5.41) is 16.6. The first-order chi connectivity index (χ1) is 17.6. The number of para-hydroxylation sites is 1. The molecule has 5 N–H and O–H groups in total. The fourth-order valence-corrected chi connectivity index (χ4v) is 6.88. The number of fused-ring (bicyclic) bond motifs is 2. The molecule has 0 radical (unpaired) electrons. The molecular weight excluding hydrogens is 500 g/mol. The van der Waals surface area contributed by atoms with Gasteiger partial charge in [0, 0.05) is 29.9 Å². The van der Waals surface area contributed by atoms with Gasteiger partial charge in [-0.3, -0.25) is 18.9 Å². The molecule has 1 aromatic carbocycles. The van der Waals surface area contributed by atoms with Crippen molar-refractivity contribution in [1.82, 2.24) is 20.5 Å². The number of hydrogen-bond acceptors (Lipinski definition) is 6. The summed E-state index contributed by atoms with van der Waals surface area (Å²) in [4.78, 5) is 44.2. The number of nitrogens with zero attached hydrogens (tertiary/aromatic N) is 1. The number of hydrogen-bond donors (Lipinski definition) is 5. The lowest BCUT2D eigenvalue weighted by Gasteiger charge is -2.32. The third kappa shape index (κ3) is 5.10. The van der Waals surface area contributed by atoms with E-state index in [-0.39, 0.29) is 30.1 Å². The Morgan fingerprint density at radius 3 is 2.68 bits per heavy atom. The average molecular weight is 533 g/mol. The normalized spacial score (nSPS) is 27.5. The van der Waals surface area contributed by atoms with Crippen LogP contribution in [0.5, 0.6) is 0 Å². The number of aliphatic hydroxyl groups is 1. The number of likely N-dealkylation sites (tertiary alicyclic amines) is 1. The molecule has 2 aliphatic heterocycles. The molecule has 2 saturated heterocycles. The molecule has 6 unspecified atom stereocenters. The van der Waals surface area contributed by atoms with Crippen LogP contribution in [0.25, 0.3) is 10.9 Å². The van der Waals surface area contributed by atoms with E-state index in [2.05, 4.69) is 15.6 Å². The Hall–Kier alpha value is -2.96. The Labute approximate surface area is 214 Å². The number of carbonyl (C=O) groups excluding carboxylic acids is 3. The maximum atomic E-state index is 13.7. The fourth-order valence-electron chi connectivity index (χ4n) is 6.28. The van der Waals surface area contributed by atoms with Gasteiger partial charge in [0.25, 0.3) is 16.0 Å². The van der Waals surface area contributed by atoms with E-state index in [0.717, 1.165) is 30.2 Å². The van der Waals surface area contributed by atoms with Gasteiger partial charge in [0.1, 0.15) is 11.7 Å². The average Bonchev–Trinajstić information content (AvgIpc) is 3.57. The highest BCUT2D eigenvalue weighted by Gasteiger charge is 2.50. The molecule has 0 spiro atoms. The molecule has 1 aliphatic carbocycles. The van der Waals surface area contributed by atoms with Crippen LogP contribution in [-0.4, -0.2) is 76.3 Å². The molecular formula is C25H32N4O7S. The van der Waals surface area contributed by atoms with E-state index in [1.807, 2.05) is 24.3 Å². The van der Waals surface area contributed by atoms with Gasteiger partial charge in [0.15, 0.2) is 0 Å². The van der Waals surface area contributed by atoms with Crippen LogP contribution >= 0.6 is 0 Å². The molecule has 1 saturated carbocycles. The fraction of sp³-hybridized carbons (Fsp3) is 0.560. The van der Waals surface area contributed by atoms with Gasteiger partial charge in [0.2, 0.25) is 17.3 Å². The van der Waals surface area contributed by atoms with Crippen LogP contribution in [0.3, 0.4) is 0 Å². The minimum absolute atomic E-state index is 0.102. The van der Waals surface area contributed by atoms with Gasteiger partial charge in [-0.15, -0.1) is 0 Å². The van der Waals surface area contributed by atoms with Gasteiger partial charge in [-0.1, -0.05) is 24.6 Å². The summed E-state index contributed by atoms with van der Waals surface area (Å²) in [7, 11) is -4.92. The highest BCUT2D eigenvalue weighted by atomic mass is 32.2. The molecule has 2 aromatic rings. The quantitative estimate of drug-likeness (QED) is 0.332. The van der Waals surface area contributed by atoms with Crippen molar-refractivity contribution >= 4 is 38.7 Å². The number of rotatable bonds is 7. The lowest BCUT2D eigenvalue weighted by atomic mass is 9.90. The van der Waals surface area contributed by atoms with Gasteiger partial charge < -0.3 is 25.6 Å². The summed E-state index contributed by atoms with van der Waals surface area (Å²) in [6.45, 7) is 0.899. The monoisotopic (exact) mass is 532 g/mol. The van der Waals surface area contributed by atoms with E-state index >= 15 is 0 Å². The van der Waals surface area contributed by atoms with Gasteiger partial charge in [-0.2, -0.15) is 8.42 Å². The molecule has 11 nitrogen and oxygen atoms in total. The predicted molar refractivity (Wildman–Crippen MR) is 134 cm³/mol. The van der Waals surface area contributed by atoms with Crippen LogP contribution in [0, 0.1) is 17.8 Å². The number of benzene rings is 1. The molecule has 3 heterocycles. The van der Waals surface area contributed by atoms with Crippen LogP contribution in [-0.2, 0) is 19.7 Å². The number of piperidine rings is 1. The minimum atomic E-state index is -4.92. The zero-order valence-corrected chi connectivity index (χ0v) is 21.1. The smallest absolute Gasteiger partial charge is 0.294 e. The van der Waals surface area contributed by atoms with E-state index in [1.54, 1.807) is 6.07 Å². The zero-order chi connectivity index (χ0) is 26.3. The topological polar surface area (TPSA) is 169 Å². The van der Waals surface area contributed by atoms with E-state index in [1.165, 1.54) is 4.90 Å². The maximum absolute atomic E-state index is 13.7. The molecule has 3 fully saturated rings. The first-order valence-corrected chi connectivity index (χ1v) is 14.2. The van der Waals surface area contributed by atoms with E-state index in [4.69, 9.17) is 0 Å². The summed E-state index contributed by atoms with van der Waals surface area (Å²) in [6, 6.07) is 6.94. The molecule has 6 atom stereocenters. The standard InChI is InChI=1S/C25H32N4O7S/c30-22-15(7-4-10-26-22)12-20(25(33)37(34,35)36)28-23(31)21-17-8-3-6-16(17)13-29(21)24(32)19-11-14-5-1-2-9-18(14)27-19/h1-2,5,9,11,15-17,20-21,25,27,33H,3-4,6-8,10,12-13H2,(H,26,30)(H,28,31)(H,34,35,36). The third-order valence-electron chi connectivity index (χ3n) is 8.10. The number of H-pyrrole nitrogens is 1. The van der Waals surface area contributed by atoms with Gasteiger partial charge in [-0.25, -0.2) is 0 Å². The second-order valence-corrected chi connectivity index (χ2v) is 11.9. The SMILES string of the molecule is O=C1NCCCC1CC(NC(=O)C1C2CCCC2CN1C(=O)c1cc2ccccc2[nH]1)C(O)S(=O)(=O)O. The van der Waals surface area contributed by atoms with Crippen LogP contribution in [0.2, 0.25) is 0 Å². The molecule has 37 heavy (non-hydrogen) atoms. The van der Waals surface area contributed by atoms with Gasteiger partial charge >= 0.3 is 0 Å². The number of nitrogens with one attached hydrogen (secondary N) is 3. The van der Waals surface area contributed by atoms with Crippen molar-refractivity contribution in [2.45, 2.75) is 56.0 Å². The van der Waals surface area contributed by atoms with Crippen LogP contribution in [0.1, 0.15) is 49.0 Å². The molecule has 0 bridgehead atoms. The van der Waals surface area contributed by atoms with Crippen molar-refractivity contribution in [3.8, 4) is 0 Å². The second-order valence-electron chi connectivity index (χ2n) is 10.4. The number of carbonyl (C=O) groups is 3.